The largest absolute Gasteiger partial charge is 0.349 e. The molecule has 4 heteroatoms. The molecule has 1 aromatic carbocycles. The summed E-state index contributed by atoms with van der Waals surface area (Å²) in [6, 6.07) is 13.2. The van der Waals surface area contributed by atoms with Crippen LogP contribution in [-0.2, 0) is 0 Å². The van der Waals surface area contributed by atoms with Crippen LogP contribution in [0.25, 0.3) is 0 Å². The van der Waals surface area contributed by atoms with E-state index in [4.69, 9.17) is 5.26 Å². The Morgan fingerprint density at radius 2 is 2.26 bits per heavy atom. The van der Waals surface area contributed by atoms with Gasteiger partial charge in [0.05, 0.1) is 11.6 Å². The van der Waals surface area contributed by atoms with Crippen LogP contribution in [0.15, 0.2) is 41.8 Å². The Morgan fingerprint density at radius 1 is 1.37 bits per heavy atom. The molecule has 3 rings (SSSR count). The molecule has 0 aliphatic heterocycles. The van der Waals surface area contributed by atoms with E-state index in [0.717, 1.165) is 6.42 Å². The Hall–Kier alpha value is -2.12. The summed E-state index contributed by atoms with van der Waals surface area (Å²) in [5, 5.41) is 13.9. The molecule has 1 aliphatic carbocycles. The fraction of sp³-hybridized carbons (Fsp3) is 0.200. The number of amides is 1. The first-order valence-electron chi connectivity index (χ1n) is 6.12. The van der Waals surface area contributed by atoms with Crippen molar-refractivity contribution in [3.8, 4) is 6.07 Å². The summed E-state index contributed by atoms with van der Waals surface area (Å²) in [5.74, 6) is 0.365. The lowest BCUT2D eigenvalue weighted by Gasteiger charge is -2.04. The van der Waals surface area contributed by atoms with Crippen molar-refractivity contribution in [2.45, 2.75) is 18.4 Å². The fourth-order valence-electron chi connectivity index (χ4n) is 2.15. The Labute approximate surface area is 115 Å². The van der Waals surface area contributed by atoms with Gasteiger partial charge in [-0.1, -0.05) is 12.1 Å². The number of rotatable bonds is 3. The molecular weight excluding hydrogens is 256 g/mol. The van der Waals surface area contributed by atoms with Gasteiger partial charge in [-0.3, -0.25) is 4.79 Å². The van der Waals surface area contributed by atoms with Crippen LogP contribution in [0.3, 0.4) is 0 Å². The van der Waals surface area contributed by atoms with Gasteiger partial charge in [0.25, 0.3) is 5.91 Å². The van der Waals surface area contributed by atoms with E-state index in [1.165, 1.54) is 4.88 Å². The second-order valence-corrected chi connectivity index (χ2v) is 5.61. The minimum Gasteiger partial charge on any atom is -0.349 e. The first-order valence-corrected chi connectivity index (χ1v) is 7.00. The lowest BCUT2D eigenvalue weighted by atomic mass is 10.1. The van der Waals surface area contributed by atoms with Gasteiger partial charge in [0.2, 0.25) is 0 Å². The van der Waals surface area contributed by atoms with Gasteiger partial charge in [-0.05, 0) is 36.1 Å². The average molecular weight is 268 g/mol. The summed E-state index contributed by atoms with van der Waals surface area (Å²) >= 11 is 1.73. The second kappa shape index (κ2) is 4.87. The molecule has 0 radical (unpaired) electrons. The number of carbonyl (C=O) groups is 1. The van der Waals surface area contributed by atoms with Crippen LogP contribution in [0.5, 0.6) is 0 Å². The number of nitrogens with zero attached hydrogens (tertiary/aromatic N) is 1. The van der Waals surface area contributed by atoms with Gasteiger partial charge in [0, 0.05) is 22.4 Å². The van der Waals surface area contributed by atoms with Gasteiger partial charge in [-0.25, -0.2) is 0 Å². The Bertz CT molecular complexity index is 642. The van der Waals surface area contributed by atoms with Crippen molar-refractivity contribution in [3.05, 3.63) is 57.8 Å². The summed E-state index contributed by atoms with van der Waals surface area (Å²) < 4.78 is 0. The van der Waals surface area contributed by atoms with Gasteiger partial charge in [-0.15, -0.1) is 11.3 Å². The molecule has 1 aromatic heterocycles. The van der Waals surface area contributed by atoms with Crippen molar-refractivity contribution >= 4 is 17.2 Å². The molecule has 1 amide bonds. The predicted molar refractivity (Wildman–Crippen MR) is 74.1 cm³/mol. The minimum atomic E-state index is -0.0962. The van der Waals surface area contributed by atoms with Crippen molar-refractivity contribution < 1.29 is 4.79 Å². The fourth-order valence-corrected chi connectivity index (χ4v) is 3.06. The highest BCUT2D eigenvalue weighted by Crippen LogP contribution is 2.42. The third-order valence-corrected chi connectivity index (χ3v) is 4.27. The van der Waals surface area contributed by atoms with Crippen molar-refractivity contribution in [1.82, 2.24) is 5.32 Å². The third kappa shape index (κ3) is 2.51. The zero-order valence-corrected chi connectivity index (χ0v) is 11.0. The quantitative estimate of drug-likeness (QED) is 0.930. The number of nitrogens with one attached hydrogen (secondary N) is 1. The van der Waals surface area contributed by atoms with Crippen LogP contribution < -0.4 is 5.32 Å². The Kier molecular flexibility index (Phi) is 3.06. The molecule has 0 bridgehead atoms. The molecule has 0 saturated heterocycles. The van der Waals surface area contributed by atoms with Crippen LogP contribution in [0.1, 0.15) is 33.1 Å². The standard InChI is InChI=1S/C15H12N2OS/c16-9-10-3-1-4-11(7-10)15(18)17-13-8-12(13)14-5-2-6-19-14/h1-7,12-13H,8H2,(H,17,18). The predicted octanol–water partition coefficient (Wildman–Crippen LogP) is 2.91. The van der Waals surface area contributed by atoms with E-state index < -0.39 is 0 Å². The molecular formula is C15H12N2OS. The number of thiophene rings is 1. The van der Waals surface area contributed by atoms with E-state index in [1.54, 1.807) is 35.6 Å². The summed E-state index contributed by atoms with van der Waals surface area (Å²) in [7, 11) is 0. The zero-order valence-electron chi connectivity index (χ0n) is 10.2. The van der Waals surface area contributed by atoms with Gasteiger partial charge >= 0.3 is 0 Å². The summed E-state index contributed by atoms with van der Waals surface area (Å²) in [5.41, 5.74) is 1.06. The average Bonchev–Trinajstić information content (AvgIpc) is 3.00. The number of hydrogen-bond donors (Lipinski definition) is 1. The maximum absolute atomic E-state index is 12.1. The highest BCUT2D eigenvalue weighted by atomic mass is 32.1. The molecule has 94 valence electrons. The highest BCUT2D eigenvalue weighted by Gasteiger charge is 2.40. The van der Waals surface area contributed by atoms with Crippen LogP contribution in [-0.4, -0.2) is 11.9 Å². The maximum Gasteiger partial charge on any atom is 0.251 e. The van der Waals surface area contributed by atoms with E-state index in [0.29, 0.717) is 17.0 Å². The van der Waals surface area contributed by atoms with Crippen LogP contribution in [0.4, 0.5) is 0 Å². The van der Waals surface area contributed by atoms with Crippen LogP contribution >= 0.6 is 11.3 Å². The monoisotopic (exact) mass is 268 g/mol. The van der Waals surface area contributed by atoms with Gasteiger partial charge in [-0.2, -0.15) is 5.26 Å². The van der Waals surface area contributed by atoms with Gasteiger partial charge in [0.1, 0.15) is 0 Å². The summed E-state index contributed by atoms with van der Waals surface area (Å²) in [4.78, 5) is 13.4. The topological polar surface area (TPSA) is 52.9 Å². The molecule has 2 atom stereocenters. The highest BCUT2D eigenvalue weighted by molar-refractivity contribution is 7.10. The summed E-state index contributed by atoms with van der Waals surface area (Å²) in [6.45, 7) is 0. The molecule has 1 heterocycles. The minimum absolute atomic E-state index is 0.0962. The SMILES string of the molecule is N#Cc1cccc(C(=O)NC2CC2c2cccs2)c1. The third-order valence-electron chi connectivity index (χ3n) is 3.27. The first kappa shape index (κ1) is 11.9. The van der Waals surface area contributed by atoms with Crippen molar-refractivity contribution in [1.29, 1.82) is 5.26 Å². The van der Waals surface area contributed by atoms with Crippen LogP contribution in [0.2, 0.25) is 0 Å². The Morgan fingerprint density at radius 3 is 3.00 bits per heavy atom. The van der Waals surface area contributed by atoms with E-state index >= 15 is 0 Å². The van der Waals surface area contributed by atoms with Crippen molar-refractivity contribution in [2.24, 2.45) is 0 Å². The normalized spacial score (nSPS) is 20.6. The summed E-state index contributed by atoms with van der Waals surface area (Å²) in [6.07, 6.45) is 1.00. The molecule has 2 aromatic rings. The smallest absolute Gasteiger partial charge is 0.251 e. The zero-order chi connectivity index (χ0) is 13.2. The van der Waals surface area contributed by atoms with Crippen molar-refractivity contribution in [3.63, 3.8) is 0 Å². The second-order valence-electron chi connectivity index (χ2n) is 4.63. The molecule has 1 N–H and O–H groups in total. The lowest BCUT2D eigenvalue weighted by molar-refractivity contribution is 0.0950. The van der Waals surface area contributed by atoms with Gasteiger partial charge in [0.15, 0.2) is 0 Å². The molecule has 1 aliphatic rings. The number of benzene rings is 1. The molecule has 1 fully saturated rings. The molecule has 0 spiro atoms. The lowest BCUT2D eigenvalue weighted by Crippen LogP contribution is -2.26. The maximum atomic E-state index is 12.1. The van der Waals surface area contributed by atoms with Crippen LogP contribution in [0, 0.1) is 11.3 Å². The van der Waals surface area contributed by atoms with E-state index in [2.05, 4.69) is 16.8 Å². The first-order chi connectivity index (χ1) is 9.28. The molecule has 2 unspecified atom stereocenters. The van der Waals surface area contributed by atoms with Gasteiger partial charge < -0.3 is 5.32 Å². The number of nitriles is 1. The molecule has 3 nitrogen and oxygen atoms in total. The van der Waals surface area contributed by atoms with E-state index in [-0.39, 0.29) is 11.9 Å². The number of hydrogen-bond acceptors (Lipinski definition) is 3. The van der Waals surface area contributed by atoms with E-state index in [1.807, 2.05) is 12.1 Å². The van der Waals surface area contributed by atoms with Crippen molar-refractivity contribution in [2.75, 3.05) is 0 Å². The van der Waals surface area contributed by atoms with E-state index in [9.17, 15) is 4.79 Å². The molecule has 1 saturated carbocycles. The number of carbonyl (C=O) groups excluding carboxylic acids is 1. The molecule has 19 heavy (non-hydrogen) atoms. The Balaban J connectivity index is 1.65.